The minimum Gasteiger partial charge on any atom is -0.370 e. The Hall–Kier alpha value is -2.36. The van der Waals surface area contributed by atoms with E-state index in [2.05, 4.69) is 33.2 Å². The molecule has 6 nitrogen and oxygen atoms in total. The molecule has 1 atom stereocenters. The summed E-state index contributed by atoms with van der Waals surface area (Å²) in [5, 5.41) is 13.5. The average Bonchev–Trinajstić information content (AvgIpc) is 3.06. The molecule has 0 N–H and O–H groups in total. The van der Waals surface area contributed by atoms with E-state index in [1.165, 1.54) is 5.56 Å². The highest BCUT2D eigenvalue weighted by Crippen LogP contribution is 2.32. The molecule has 136 valence electrons. The van der Waals surface area contributed by atoms with Crippen LogP contribution in [-0.2, 0) is 18.3 Å². The molecule has 2 aromatic rings. The lowest BCUT2D eigenvalue weighted by Gasteiger charge is -2.48. The van der Waals surface area contributed by atoms with E-state index in [4.69, 9.17) is 4.74 Å². The van der Waals surface area contributed by atoms with Gasteiger partial charge in [-0.25, -0.2) is 0 Å². The van der Waals surface area contributed by atoms with Crippen molar-refractivity contribution in [2.45, 2.75) is 25.0 Å². The number of morpholine rings is 1. The Morgan fingerprint density at radius 3 is 3.04 bits per heavy atom. The van der Waals surface area contributed by atoms with Gasteiger partial charge in [0.1, 0.15) is 0 Å². The third-order valence-electron chi connectivity index (χ3n) is 5.37. The standard InChI is InChI=1S/C20H25N5O/c1-23-13-18(12-22-23)14-24-8-9-26-20(15-24)6-3-7-25(16-20)19-5-2-4-17(10-19)11-21/h2,4-5,10,12-13H,3,6-9,14-16H2,1H3. The monoisotopic (exact) mass is 351 g/mol. The van der Waals surface area contributed by atoms with Crippen LogP contribution < -0.4 is 4.90 Å². The summed E-state index contributed by atoms with van der Waals surface area (Å²) < 4.78 is 8.18. The van der Waals surface area contributed by atoms with Gasteiger partial charge in [-0.05, 0) is 31.0 Å². The van der Waals surface area contributed by atoms with Crippen molar-refractivity contribution in [1.82, 2.24) is 14.7 Å². The molecule has 0 aliphatic carbocycles. The van der Waals surface area contributed by atoms with Gasteiger partial charge in [0.05, 0.1) is 30.0 Å². The van der Waals surface area contributed by atoms with Crippen molar-refractivity contribution < 1.29 is 4.74 Å². The highest BCUT2D eigenvalue weighted by atomic mass is 16.5. The minimum atomic E-state index is -0.124. The van der Waals surface area contributed by atoms with Crippen LogP contribution in [0.2, 0.25) is 0 Å². The predicted octanol–water partition coefficient (Wildman–Crippen LogP) is 2.16. The average molecular weight is 351 g/mol. The number of benzene rings is 1. The summed E-state index contributed by atoms with van der Waals surface area (Å²) in [6, 6.07) is 10.1. The Morgan fingerprint density at radius 1 is 1.31 bits per heavy atom. The molecule has 0 radical (unpaired) electrons. The second-order valence-corrected chi connectivity index (χ2v) is 7.45. The normalized spacial score (nSPS) is 23.9. The quantitative estimate of drug-likeness (QED) is 0.848. The van der Waals surface area contributed by atoms with E-state index >= 15 is 0 Å². The van der Waals surface area contributed by atoms with Gasteiger partial charge >= 0.3 is 0 Å². The van der Waals surface area contributed by atoms with E-state index in [1.54, 1.807) is 0 Å². The van der Waals surface area contributed by atoms with E-state index in [-0.39, 0.29) is 5.60 Å². The molecular weight excluding hydrogens is 326 g/mol. The van der Waals surface area contributed by atoms with E-state index in [9.17, 15) is 5.26 Å². The van der Waals surface area contributed by atoms with Gasteiger partial charge in [-0.15, -0.1) is 0 Å². The smallest absolute Gasteiger partial charge is 0.0992 e. The fraction of sp³-hybridized carbons (Fsp3) is 0.500. The van der Waals surface area contributed by atoms with E-state index in [0.717, 1.165) is 57.9 Å². The van der Waals surface area contributed by atoms with Gasteiger partial charge in [0.15, 0.2) is 0 Å². The van der Waals surface area contributed by atoms with Crippen LogP contribution in [0, 0.1) is 11.3 Å². The maximum atomic E-state index is 9.17. The molecular formula is C20H25N5O. The largest absolute Gasteiger partial charge is 0.370 e. The number of aromatic nitrogens is 2. The summed E-state index contributed by atoms with van der Waals surface area (Å²) in [6.45, 7) is 5.49. The van der Waals surface area contributed by atoms with Crippen LogP contribution in [0.4, 0.5) is 5.69 Å². The van der Waals surface area contributed by atoms with Gasteiger partial charge in [-0.2, -0.15) is 10.4 Å². The first-order chi connectivity index (χ1) is 12.7. The Morgan fingerprint density at radius 2 is 2.23 bits per heavy atom. The van der Waals surface area contributed by atoms with Gasteiger partial charge < -0.3 is 9.64 Å². The molecule has 2 aliphatic heterocycles. The highest BCUT2D eigenvalue weighted by molar-refractivity contribution is 5.52. The fourth-order valence-corrected chi connectivity index (χ4v) is 4.21. The first-order valence-electron chi connectivity index (χ1n) is 9.25. The number of anilines is 1. The van der Waals surface area contributed by atoms with Crippen molar-refractivity contribution >= 4 is 5.69 Å². The number of piperidine rings is 1. The lowest BCUT2D eigenvalue weighted by Crippen LogP contribution is -2.59. The zero-order valence-electron chi connectivity index (χ0n) is 15.3. The van der Waals surface area contributed by atoms with Crippen LogP contribution in [-0.4, -0.2) is 53.1 Å². The van der Waals surface area contributed by atoms with Crippen molar-refractivity contribution in [2.24, 2.45) is 7.05 Å². The summed E-state index contributed by atoms with van der Waals surface area (Å²) in [5.74, 6) is 0. The molecule has 3 heterocycles. The van der Waals surface area contributed by atoms with Crippen LogP contribution in [0.25, 0.3) is 0 Å². The van der Waals surface area contributed by atoms with Gasteiger partial charge in [0.2, 0.25) is 0 Å². The molecule has 6 heteroatoms. The number of hydrogen-bond donors (Lipinski definition) is 0. The summed E-state index contributed by atoms with van der Waals surface area (Å²) >= 11 is 0. The SMILES string of the molecule is Cn1cc(CN2CCOC3(CCCN(c4cccc(C#N)c4)C3)C2)cn1. The maximum absolute atomic E-state index is 9.17. The first-order valence-corrected chi connectivity index (χ1v) is 9.25. The Kier molecular flexibility index (Phi) is 4.66. The number of ether oxygens (including phenoxy) is 1. The third-order valence-corrected chi connectivity index (χ3v) is 5.37. The molecule has 0 saturated carbocycles. The lowest BCUT2D eigenvalue weighted by molar-refractivity contribution is -0.116. The van der Waals surface area contributed by atoms with E-state index < -0.39 is 0 Å². The highest BCUT2D eigenvalue weighted by Gasteiger charge is 2.40. The molecule has 2 saturated heterocycles. The predicted molar refractivity (Wildman–Crippen MR) is 99.8 cm³/mol. The van der Waals surface area contributed by atoms with Crippen LogP contribution in [0.1, 0.15) is 24.0 Å². The molecule has 1 aromatic carbocycles. The zero-order chi connectivity index (χ0) is 18.0. The van der Waals surface area contributed by atoms with Gasteiger partial charge in [0, 0.05) is 57.2 Å². The topological polar surface area (TPSA) is 57.3 Å². The van der Waals surface area contributed by atoms with Gasteiger partial charge in [-0.1, -0.05) is 6.07 Å². The minimum absolute atomic E-state index is 0.124. The molecule has 2 aliphatic rings. The van der Waals surface area contributed by atoms with Crippen molar-refractivity contribution in [3.05, 3.63) is 47.8 Å². The van der Waals surface area contributed by atoms with Gasteiger partial charge in [-0.3, -0.25) is 9.58 Å². The second-order valence-electron chi connectivity index (χ2n) is 7.45. The molecule has 26 heavy (non-hydrogen) atoms. The third kappa shape index (κ3) is 3.59. The molecule has 0 amide bonds. The molecule has 1 spiro atoms. The molecule has 0 bridgehead atoms. The maximum Gasteiger partial charge on any atom is 0.0992 e. The van der Waals surface area contributed by atoms with E-state index in [1.807, 2.05) is 36.1 Å². The number of nitriles is 1. The number of nitrogens with zero attached hydrogens (tertiary/aromatic N) is 5. The molecule has 1 unspecified atom stereocenters. The van der Waals surface area contributed by atoms with Gasteiger partial charge in [0.25, 0.3) is 0 Å². The Balaban J connectivity index is 1.47. The molecule has 2 fully saturated rings. The van der Waals surface area contributed by atoms with Crippen LogP contribution in [0.3, 0.4) is 0 Å². The summed E-state index contributed by atoms with van der Waals surface area (Å²) in [7, 11) is 1.96. The van der Waals surface area contributed by atoms with Crippen molar-refractivity contribution in [3.8, 4) is 6.07 Å². The lowest BCUT2D eigenvalue weighted by atomic mass is 9.90. The van der Waals surface area contributed by atoms with Crippen molar-refractivity contribution in [2.75, 3.05) is 37.7 Å². The van der Waals surface area contributed by atoms with E-state index in [0.29, 0.717) is 5.56 Å². The number of hydrogen-bond acceptors (Lipinski definition) is 5. The fourth-order valence-electron chi connectivity index (χ4n) is 4.21. The Bertz CT molecular complexity index is 807. The summed E-state index contributed by atoms with van der Waals surface area (Å²) in [6.07, 6.45) is 6.23. The summed E-state index contributed by atoms with van der Waals surface area (Å²) in [4.78, 5) is 4.85. The van der Waals surface area contributed by atoms with Crippen molar-refractivity contribution in [1.29, 1.82) is 5.26 Å². The number of aryl methyl sites for hydroxylation is 1. The van der Waals surface area contributed by atoms with Crippen molar-refractivity contribution in [3.63, 3.8) is 0 Å². The molecule has 1 aromatic heterocycles. The Labute approximate surface area is 154 Å². The van der Waals surface area contributed by atoms with Crippen LogP contribution in [0.15, 0.2) is 36.7 Å². The summed E-state index contributed by atoms with van der Waals surface area (Å²) in [5.41, 5.74) is 2.96. The first kappa shape index (κ1) is 17.1. The van der Waals surface area contributed by atoms with Crippen LogP contribution in [0.5, 0.6) is 0 Å². The number of rotatable bonds is 3. The zero-order valence-corrected chi connectivity index (χ0v) is 15.3. The second kappa shape index (κ2) is 7.10. The van der Waals surface area contributed by atoms with Crippen LogP contribution >= 0.6 is 0 Å². The molecule has 4 rings (SSSR count).